The zero-order valence-corrected chi connectivity index (χ0v) is 13.5. The van der Waals surface area contributed by atoms with Gasteiger partial charge in [-0.2, -0.15) is 4.98 Å². The van der Waals surface area contributed by atoms with Gasteiger partial charge in [-0.3, -0.25) is 0 Å². The molecule has 0 spiro atoms. The largest absolute Gasteiger partial charge is 0.423 e. The quantitative estimate of drug-likeness (QED) is 0.771. The summed E-state index contributed by atoms with van der Waals surface area (Å²) in [6, 6.07) is 10.7. The molecule has 4 rings (SSSR count). The maximum absolute atomic E-state index is 13.3. The SMILES string of the molecule is O[C@@H](C[C@@H]1CCCN1c1nc2cc(F)ccc2o1)c1ccc(F)cc1. The van der Waals surface area contributed by atoms with Gasteiger partial charge in [-0.15, -0.1) is 0 Å². The number of aliphatic hydroxyl groups is 1. The molecule has 25 heavy (non-hydrogen) atoms. The zero-order valence-electron chi connectivity index (χ0n) is 13.5. The number of hydrogen-bond donors (Lipinski definition) is 1. The van der Waals surface area contributed by atoms with Crippen LogP contribution in [-0.2, 0) is 0 Å². The van der Waals surface area contributed by atoms with Crippen molar-refractivity contribution >= 4 is 17.1 Å². The lowest BCUT2D eigenvalue weighted by atomic mass is 10.0. The normalized spacial score (nSPS) is 18.8. The minimum atomic E-state index is -0.687. The molecule has 4 nitrogen and oxygen atoms in total. The summed E-state index contributed by atoms with van der Waals surface area (Å²) in [5.74, 6) is -0.672. The molecule has 0 bridgehead atoms. The summed E-state index contributed by atoms with van der Waals surface area (Å²) in [5.41, 5.74) is 1.72. The van der Waals surface area contributed by atoms with Crippen LogP contribution in [0.5, 0.6) is 0 Å². The fourth-order valence-corrected chi connectivity index (χ4v) is 3.42. The Morgan fingerprint density at radius 3 is 2.72 bits per heavy atom. The minimum Gasteiger partial charge on any atom is -0.423 e. The fraction of sp³-hybridized carbons (Fsp3) is 0.316. The third kappa shape index (κ3) is 3.22. The Labute approximate surface area is 143 Å². The molecule has 130 valence electrons. The predicted molar refractivity (Wildman–Crippen MR) is 90.3 cm³/mol. The van der Waals surface area contributed by atoms with E-state index >= 15 is 0 Å². The van der Waals surface area contributed by atoms with Crippen molar-refractivity contribution in [1.29, 1.82) is 0 Å². The van der Waals surface area contributed by atoms with Gasteiger partial charge in [0.05, 0.1) is 6.10 Å². The van der Waals surface area contributed by atoms with Crippen LogP contribution < -0.4 is 4.90 Å². The number of fused-ring (bicyclic) bond motifs is 1. The first kappa shape index (κ1) is 16.0. The van der Waals surface area contributed by atoms with Crippen LogP contribution in [0.1, 0.15) is 30.9 Å². The molecular formula is C19H18F2N2O2. The predicted octanol–water partition coefficient (Wildman–Crippen LogP) is 4.20. The molecule has 1 N–H and O–H groups in total. The number of rotatable bonds is 4. The van der Waals surface area contributed by atoms with Gasteiger partial charge >= 0.3 is 0 Å². The van der Waals surface area contributed by atoms with Gasteiger partial charge in [0.15, 0.2) is 5.58 Å². The number of hydrogen-bond acceptors (Lipinski definition) is 4. The molecule has 0 unspecified atom stereocenters. The van der Waals surface area contributed by atoms with E-state index in [0.717, 1.165) is 19.4 Å². The molecule has 0 saturated carbocycles. The third-order valence-electron chi connectivity index (χ3n) is 4.71. The molecule has 2 atom stereocenters. The van der Waals surface area contributed by atoms with Crippen molar-refractivity contribution in [3.63, 3.8) is 0 Å². The topological polar surface area (TPSA) is 49.5 Å². The van der Waals surface area contributed by atoms with E-state index in [9.17, 15) is 13.9 Å². The summed E-state index contributed by atoms with van der Waals surface area (Å²) in [6.45, 7) is 0.774. The average molecular weight is 344 g/mol. The van der Waals surface area contributed by atoms with Crippen molar-refractivity contribution in [1.82, 2.24) is 4.98 Å². The van der Waals surface area contributed by atoms with Gasteiger partial charge in [0.2, 0.25) is 0 Å². The second-order valence-electron chi connectivity index (χ2n) is 6.40. The fourth-order valence-electron chi connectivity index (χ4n) is 3.42. The van der Waals surface area contributed by atoms with Gasteiger partial charge in [-0.05, 0) is 49.1 Å². The van der Waals surface area contributed by atoms with Crippen LogP contribution in [-0.4, -0.2) is 22.7 Å². The van der Waals surface area contributed by atoms with Crippen LogP contribution in [0.3, 0.4) is 0 Å². The van der Waals surface area contributed by atoms with Crippen LogP contribution in [0, 0.1) is 11.6 Å². The van der Waals surface area contributed by atoms with E-state index in [0.29, 0.717) is 29.1 Å². The first-order chi connectivity index (χ1) is 12.1. The summed E-state index contributed by atoms with van der Waals surface area (Å²) in [4.78, 5) is 6.40. The zero-order chi connectivity index (χ0) is 17.4. The summed E-state index contributed by atoms with van der Waals surface area (Å²) < 4.78 is 32.1. The summed E-state index contributed by atoms with van der Waals surface area (Å²) in [6.07, 6.45) is 1.69. The monoisotopic (exact) mass is 344 g/mol. The summed E-state index contributed by atoms with van der Waals surface area (Å²) in [5, 5.41) is 10.5. The van der Waals surface area contributed by atoms with Gasteiger partial charge in [0, 0.05) is 18.7 Å². The number of aliphatic hydroxyl groups excluding tert-OH is 1. The highest BCUT2D eigenvalue weighted by Gasteiger charge is 2.30. The van der Waals surface area contributed by atoms with E-state index in [2.05, 4.69) is 4.98 Å². The summed E-state index contributed by atoms with van der Waals surface area (Å²) in [7, 11) is 0. The molecule has 0 radical (unpaired) electrons. The Morgan fingerprint density at radius 1 is 1.16 bits per heavy atom. The lowest BCUT2D eigenvalue weighted by Crippen LogP contribution is -2.31. The highest BCUT2D eigenvalue weighted by Crippen LogP contribution is 2.33. The molecule has 1 aliphatic heterocycles. The molecule has 1 fully saturated rings. The summed E-state index contributed by atoms with van der Waals surface area (Å²) >= 11 is 0. The maximum Gasteiger partial charge on any atom is 0.298 e. The molecule has 6 heteroatoms. The molecule has 1 aromatic heterocycles. The first-order valence-corrected chi connectivity index (χ1v) is 8.36. The number of benzene rings is 2. The highest BCUT2D eigenvalue weighted by atomic mass is 19.1. The standard InChI is InChI=1S/C19H18F2N2O2/c20-13-5-3-12(4-6-13)17(24)11-15-2-1-9-23(15)19-22-16-10-14(21)7-8-18(16)25-19/h3-8,10,15,17,24H,1-2,9,11H2/t15-,17-/m0/s1. The minimum absolute atomic E-state index is 0.0676. The number of aromatic nitrogens is 1. The van der Waals surface area contributed by atoms with Crippen molar-refractivity contribution in [2.24, 2.45) is 0 Å². The Balaban J connectivity index is 1.54. The van der Waals surface area contributed by atoms with Gasteiger partial charge in [-0.25, -0.2) is 8.78 Å². The Bertz CT molecular complexity index is 879. The molecule has 0 amide bonds. The molecule has 3 aromatic rings. The van der Waals surface area contributed by atoms with Crippen LogP contribution >= 0.6 is 0 Å². The smallest absolute Gasteiger partial charge is 0.298 e. The lowest BCUT2D eigenvalue weighted by molar-refractivity contribution is 0.157. The Kier molecular flexibility index (Phi) is 4.13. The van der Waals surface area contributed by atoms with Crippen molar-refractivity contribution in [2.75, 3.05) is 11.4 Å². The van der Waals surface area contributed by atoms with Crippen LogP contribution in [0.25, 0.3) is 11.1 Å². The molecule has 1 aliphatic rings. The third-order valence-corrected chi connectivity index (χ3v) is 4.71. The van der Waals surface area contributed by atoms with E-state index in [-0.39, 0.29) is 17.7 Å². The number of nitrogens with zero attached hydrogens (tertiary/aromatic N) is 2. The lowest BCUT2D eigenvalue weighted by Gasteiger charge is -2.25. The number of halogens is 2. The average Bonchev–Trinajstić information content (AvgIpc) is 3.21. The molecule has 2 heterocycles. The molecule has 2 aromatic carbocycles. The first-order valence-electron chi connectivity index (χ1n) is 8.36. The number of anilines is 1. The second kappa shape index (κ2) is 6.44. The van der Waals surface area contributed by atoms with E-state index in [1.165, 1.54) is 24.3 Å². The maximum atomic E-state index is 13.3. The van der Waals surface area contributed by atoms with Crippen LogP contribution in [0.15, 0.2) is 46.9 Å². The molecule has 1 saturated heterocycles. The van der Waals surface area contributed by atoms with Gasteiger partial charge < -0.3 is 14.4 Å². The Hall–Kier alpha value is -2.47. The van der Waals surface area contributed by atoms with E-state index in [4.69, 9.17) is 4.42 Å². The van der Waals surface area contributed by atoms with Crippen molar-refractivity contribution < 1.29 is 18.3 Å². The number of oxazole rings is 1. The van der Waals surface area contributed by atoms with Crippen molar-refractivity contribution in [3.05, 3.63) is 59.7 Å². The van der Waals surface area contributed by atoms with Gasteiger partial charge in [0.1, 0.15) is 17.2 Å². The van der Waals surface area contributed by atoms with Gasteiger partial charge in [-0.1, -0.05) is 12.1 Å². The van der Waals surface area contributed by atoms with E-state index in [1.807, 2.05) is 4.90 Å². The second-order valence-corrected chi connectivity index (χ2v) is 6.40. The van der Waals surface area contributed by atoms with E-state index < -0.39 is 6.10 Å². The van der Waals surface area contributed by atoms with Crippen molar-refractivity contribution in [3.8, 4) is 0 Å². The van der Waals surface area contributed by atoms with Crippen molar-refractivity contribution in [2.45, 2.75) is 31.4 Å². The highest BCUT2D eigenvalue weighted by molar-refractivity contribution is 5.74. The van der Waals surface area contributed by atoms with Gasteiger partial charge in [0.25, 0.3) is 6.01 Å². The van der Waals surface area contributed by atoms with E-state index in [1.54, 1.807) is 18.2 Å². The molecule has 0 aliphatic carbocycles. The Morgan fingerprint density at radius 2 is 1.92 bits per heavy atom. The molecular weight excluding hydrogens is 326 g/mol. The van der Waals surface area contributed by atoms with Crippen LogP contribution in [0.2, 0.25) is 0 Å². The van der Waals surface area contributed by atoms with Crippen LogP contribution in [0.4, 0.5) is 14.8 Å².